The number of nitrogens with zero attached hydrogens (tertiary/aromatic N) is 1. The Morgan fingerprint density at radius 2 is 1.71 bits per heavy atom. The maximum atomic E-state index is 10.7. The van der Waals surface area contributed by atoms with E-state index in [0.29, 0.717) is 17.4 Å². The molecule has 0 unspecified atom stereocenters. The molecule has 0 fully saturated rings. The zero-order valence-corrected chi connectivity index (χ0v) is 17.2. The molecule has 0 atom stereocenters. The van der Waals surface area contributed by atoms with Crippen LogP contribution in [0.15, 0.2) is 77.2 Å². The van der Waals surface area contributed by atoms with E-state index in [9.17, 15) is 4.79 Å². The van der Waals surface area contributed by atoms with Gasteiger partial charge in [-0.15, -0.1) is 0 Å². The Labute approximate surface area is 179 Å². The number of rotatable bonds is 6. The monoisotopic (exact) mass is 415 g/mol. The Morgan fingerprint density at radius 3 is 2.42 bits per heavy atom. The van der Waals surface area contributed by atoms with Crippen molar-refractivity contribution in [3.05, 3.63) is 89.8 Å². The fraction of sp³-hybridized carbons (Fsp3) is 0.120. The molecule has 0 saturated carbocycles. The van der Waals surface area contributed by atoms with Crippen LogP contribution in [0.2, 0.25) is 0 Å². The number of oxazole rings is 1. The van der Waals surface area contributed by atoms with Crippen molar-refractivity contribution < 1.29 is 23.8 Å². The third kappa shape index (κ3) is 4.75. The number of carbonyl (C=O) groups is 1. The summed E-state index contributed by atoms with van der Waals surface area (Å²) in [5.41, 5.74) is 4.51. The zero-order chi connectivity index (χ0) is 21.8. The van der Waals surface area contributed by atoms with Crippen LogP contribution >= 0.6 is 0 Å². The summed E-state index contributed by atoms with van der Waals surface area (Å²) in [5, 5.41) is 8.75. The summed E-state index contributed by atoms with van der Waals surface area (Å²) in [6, 6.07) is 22.5. The molecule has 0 radical (unpaired) electrons. The number of hydrogen-bond acceptors (Lipinski definition) is 5. The van der Waals surface area contributed by atoms with E-state index in [4.69, 9.17) is 14.3 Å². The minimum absolute atomic E-state index is 0.262. The van der Waals surface area contributed by atoms with Crippen LogP contribution in [0.1, 0.15) is 17.0 Å². The van der Waals surface area contributed by atoms with Gasteiger partial charge in [-0.05, 0) is 55.8 Å². The van der Waals surface area contributed by atoms with Gasteiger partial charge >= 0.3 is 6.16 Å². The van der Waals surface area contributed by atoms with Crippen molar-refractivity contribution in [1.82, 2.24) is 4.98 Å². The first-order valence-corrected chi connectivity index (χ1v) is 9.76. The number of aryl methyl sites for hydroxylation is 2. The minimum Gasteiger partial charge on any atom is -0.487 e. The quantitative estimate of drug-likeness (QED) is 0.296. The number of carboxylic acid groups (broad SMARTS) is 1. The van der Waals surface area contributed by atoms with Crippen LogP contribution in [-0.2, 0) is 6.61 Å². The van der Waals surface area contributed by atoms with Gasteiger partial charge in [0.1, 0.15) is 29.6 Å². The lowest BCUT2D eigenvalue weighted by atomic mass is 10.0. The fourth-order valence-electron chi connectivity index (χ4n) is 3.21. The number of hydrogen-bond donors (Lipinski definition) is 1. The molecule has 1 N–H and O–H groups in total. The average molecular weight is 415 g/mol. The van der Waals surface area contributed by atoms with E-state index in [2.05, 4.69) is 9.72 Å². The Morgan fingerprint density at radius 1 is 0.968 bits per heavy atom. The largest absolute Gasteiger partial charge is 0.511 e. The molecule has 0 amide bonds. The predicted octanol–water partition coefficient (Wildman–Crippen LogP) is 6.26. The summed E-state index contributed by atoms with van der Waals surface area (Å²) in [6.07, 6.45) is -1.34. The van der Waals surface area contributed by atoms with Crippen molar-refractivity contribution in [2.45, 2.75) is 20.5 Å². The van der Waals surface area contributed by atoms with Crippen molar-refractivity contribution in [2.24, 2.45) is 0 Å². The van der Waals surface area contributed by atoms with E-state index in [1.54, 1.807) is 24.3 Å². The summed E-state index contributed by atoms with van der Waals surface area (Å²) >= 11 is 0. The van der Waals surface area contributed by atoms with Gasteiger partial charge in [0.2, 0.25) is 5.89 Å². The topological polar surface area (TPSA) is 81.8 Å². The number of ether oxygens (including phenoxy) is 2. The minimum atomic E-state index is -1.34. The highest BCUT2D eigenvalue weighted by atomic mass is 16.7. The first kappa shape index (κ1) is 20.2. The lowest BCUT2D eigenvalue weighted by molar-refractivity contribution is 0.144. The number of aromatic nitrogens is 1. The first-order valence-electron chi connectivity index (χ1n) is 9.76. The lowest BCUT2D eigenvalue weighted by Gasteiger charge is -2.12. The molecule has 156 valence electrons. The van der Waals surface area contributed by atoms with E-state index >= 15 is 0 Å². The van der Waals surface area contributed by atoms with Crippen LogP contribution in [0.5, 0.6) is 11.5 Å². The van der Waals surface area contributed by atoms with Gasteiger partial charge in [-0.25, -0.2) is 9.78 Å². The van der Waals surface area contributed by atoms with Gasteiger partial charge in [0.25, 0.3) is 0 Å². The maximum Gasteiger partial charge on any atom is 0.511 e. The van der Waals surface area contributed by atoms with Gasteiger partial charge in [0, 0.05) is 11.1 Å². The molecule has 1 aromatic heterocycles. The zero-order valence-electron chi connectivity index (χ0n) is 17.2. The van der Waals surface area contributed by atoms with E-state index in [0.717, 1.165) is 27.9 Å². The number of benzene rings is 3. The molecule has 0 aliphatic rings. The van der Waals surface area contributed by atoms with Crippen molar-refractivity contribution in [3.63, 3.8) is 0 Å². The van der Waals surface area contributed by atoms with Gasteiger partial charge in [0.05, 0.1) is 0 Å². The standard InChI is InChI=1S/C25H21NO5/c1-16-8-13-23(21(14-16)18-9-11-20(12-10-18)31-25(27)28)29-15-22-17(2)30-24(26-22)19-6-4-3-5-7-19/h3-14H,15H2,1-2H3,(H,27,28). The summed E-state index contributed by atoms with van der Waals surface area (Å²) in [5.74, 6) is 2.23. The second kappa shape index (κ2) is 8.75. The summed E-state index contributed by atoms with van der Waals surface area (Å²) < 4.78 is 16.6. The van der Waals surface area contributed by atoms with Gasteiger partial charge in [-0.1, -0.05) is 42.0 Å². The molecule has 0 aliphatic heterocycles. The van der Waals surface area contributed by atoms with Crippen molar-refractivity contribution in [1.29, 1.82) is 0 Å². The van der Waals surface area contributed by atoms with Crippen molar-refractivity contribution in [3.8, 4) is 34.1 Å². The maximum absolute atomic E-state index is 10.7. The average Bonchev–Trinajstić information content (AvgIpc) is 3.14. The fourth-order valence-corrected chi connectivity index (χ4v) is 3.21. The summed E-state index contributed by atoms with van der Waals surface area (Å²) in [4.78, 5) is 15.3. The van der Waals surface area contributed by atoms with Crippen LogP contribution in [0.4, 0.5) is 4.79 Å². The lowest BCUT2D eigenvalue weighted by Crippen LogP contribution is -2.02. The van der Waals surface area contributed by atoms with Gasteiger partial charge in [-0.2, -0.15) is 0 Å². The highest BCUT2D eigenvalue weighted by Crippen LogP contribution is 2.33. The van der Waals surface area contributed by atoms with Gasteiger partial charge in [-0.3, -0.25) is 0 Å². The van der Waals surface area contributed by atoms with E-state index in [1.165, 1.54) is 0 Å². The molecule has 0 aliphatic carbocycles. The molecule has 0 saturated heterocycles. The Kier molecular flexibility index (Phi) is 5.71. The Hall–Kier alpha value is -4.06. The molecule has 0 bridgehead atoms. The van der Waals surface area contributed by atoms with Crippen LogP contribution in [0.25, 0.3) is 22.6 Å². The molecule has 1 heterocycles. The third-order valence-corrected chi connectivity index (χ3v) is 4.78. The molecular weight excluding hydrogens is 394 g/mol. The van der Waals surface area contributed by atoms with Gasteiger partial charge in [0.15, 0.2) is 0 Å². The Bertz CT molecular complexity index is 1200. The van der Waals surface area contributed by atoms with Gasteiger partial charge < -0.3 is 19.0 Å². The SMILES string of the molecule is Cc1ccc(OCc2nc(-c3ccccc3)oc2C)c(-c2ccc(OC(=O)O)cc2)c1. The third-order valence-electron chi connectivity index (χ3n) is 4.78. The molecule has 6 heteroatoms. The molecule has 6 nitrogen and oxygen atoms in total. The predicted molar refractivity (Wildman–Crippen MR) is 116 cm³/mol. The Balaban J connectivity index is 1.56. The molecule has 0 spiro atoms. The summed E-state index contributed by atoms with van der Waals surface area (Å²) in [6.45, 7) is 4.14. The van der Waals surface area contributed by atoms with E-state index in [-0.39, 0.29) is 12.4 Å². The van der Waals surface area contributed by atoms with Crippen LogP contribution in [0, 0.1) is 13.8 Å². The van der Waals surface area contributed by atoms with Crippen LogP contribution < -0.4 is 9.47 Å². The highest BCUT2D eigenvalue weighted by molar-refractivity contribution is 5.72. The van der Waals surface area contributed by atoms with E-state index < -0.39 is 6.16 Å². The molecular formula is C25H21NO5. The van der Waals surface area contributed by atoms with E-state index in [1.807, 2.05) is 62.4 Å². The molecule has 31 heavy (non-hydrogen) atoms. The van der Waals surface area contributed by atoms with Crippen molar-refractivity contribution >= 4 is 6.16 Å². The normalized spacial score (nSPS) is 10.6. The molecule has 4 rings (SSSR count). The van der Waals surface area contributed by atoms with Crippen LogP contribution in [0.3, 0.4) is 0 Å². The first-order chi connectivity index (χ1) is 15.0. The highest BCUT2D eigenvalue weighted by Gasteiger charge is 2.14. The molecule has 3 aromatic carbocycles. The second-order valence-electron chi connectivity index (χ2n) is 7.07. The molecule has 4 aromatic rings. The van der Waals surface area contributed by atoms with Crippen LogP contribution in [-0.4, -0.2) is 16.2 Å². The second-order valence-corrected chi connectivity index (χ2v) is 7.07. The summed E-state index contributed by atoms with van der Waals surface area (Å²) in [7, 11) is 0. The smallest absolute Gasteiger partial charge is 0.487 e. The van der Waals surface area contributed by atoms with Crippen molar-refractivity contribution in [2.75, 3.05) is 0 Å².